The van der Waals surface area contributed by atoms with E-state index < -0.39 is 0 Å². The normalized spacial score (nSPS) is 28.5. The summed E-state index contributed by atoms with van der Waals surface area (Å²) in [5, 5.41) is 8.84. The van der Waals surface area contributed by atoms with Crippen LogP contribution in [0.2, 0.25) is 0 Å². The van der Waals surface area contributed by atoms with Crippen LogP contribution in [0.25, 0.3) is 0 Å². The molecule has 1 aromatic carbocycles. The summed E-state index contributed by atoms with van der Waals surface area (Å²) < 4.78 is 0. The highest BCUT2D eigenvalue weighted by molar-refractivity contribution is 5.25. The zero-order valence-corrected chi connectivity index (χ0v) is 6.40. The lowest BCUT2D eigenvalue weighted by Gasteiger charge is -1.96. The standard InChI is InChI=1S/C10H12O/c11-7-9-6-10(9)8-4-2-1-3-5-8/h1-5,9-11H,6-7H2/t9-,10+/m1/s1. The van der Waals surface area contributed by atoms with Crippen LogP contribution in [0.1, 0.15) is 17.9 Å². The highest BCUT2D eigenvalue weighted by atomic mass is 16.3. The molecule has 1 N–H and O–H groups in total. The Morgan fingerprint density at radius 2 is 2.00 bits per heavy atom. The Hall–Kier alpha value is -0.820. The van der Waals surface area contributed by atoms with E-state index in [0.29, 0.717) is 18.4 Å². The van der Waals surface area contributed by atoms with Gasteiger partial charge in [-0.2, -0.15) is 0 Å². The molecule has 0 radical (unpaired) electrons. The molecule has 58 valence electrons. The Balaban J connectivity index is 2.09. The summed E-state index contributed by atoms with van der Waals surface area (Å²) >= 11 is 0. The first-order valence-corrected chi connectivity index (χ1v) is 4.07. The van der Waals surface area contributed by atoms with E-state index in [1.807, 2.05) is 6.07 Å². The SMILES string of the molecule is OC[C@H]1C[C@H]1c1ccccc1. The van der Waals surface area contributed by atoms with E-state index >= 15 is 0 Å². The maximum atomic E-state index is 8.84. The molecule has 1 fully saturated rings. The van der Waals surface area contributed by atoms with Gasteiger partial charge in [0, 0.05) is 6.61 Å². The van der Waals surface area contributed by atoms with E-state index in [0.717, 1.165) is 0 Å². The lowest BCUT2D eigenvalue weighted by molar-refractivity contribution is 0.274. The van der Waals surface area contributed by atoms with Crippen LogP contribution in [-0.4, -0.2) is 11.7 Å². The zero-order chi connectivity index (χ0) is 7.68. The number of rotatable bonds is 2. The van der Waals surface area contributed by atoms with E-state index in [4.69, 9.17) is 5.11 Å². The lowest BCUT2D eigenvalue weighted by Crippen LogP contribution is -1.87. The van der Waals surface area contributed by atoms with Crippen molar-refractivity contribution in [2.75, 3.05) is 6.61 Å². The van der Waals surface area contributed by atoms with Gasteiger partial charge in [-0.1, -0.05) is 30.3 Å². The highest BCUT2D eigenvalue weighted by Crippen LogP contribution is 2.46. The van der Waals surface area contributed by atoms with Crippen molar-refractivity contribution in [2.45, 2.75) is 12.3 Å². The summed E-state index contributed by atoms with van der Waals surface area (Å²) in [6.45, 7) is 0.347. The first-order chi connectivity index (χ1) is 5.42. The minimum absolute atomic E-state index is 0.347. The summed E-state index contributed by atoms with van der Waals surface area (Å²) in [6.07, 6.45) is 1.17. The fraction of sp³-hybridized carbons (Fsp3) is 0.400. The molecule has 2 rings (SSSR count). The van der Waals surface area contributed by atoms with Gasteiger partial charge in [-0.3, -0.25) is 0 Å². The van der Waals surface area contributed by atoms with Crippen LogP contribution < -0.4 is 0 Å². The van der Waals surface area contributed by atoms with Crippen molar-refractivity contribution in [1.29, 1.82) is 0 Å². The van der Waals surface area contributed by atoms with Gasteiger partial charge in [-0.15, -0.1) is 0 Å². The van der Waals surface area contributed by atoms with Gasteiger partial charge in [0.25, 0.3) is 0 Å². The van der Waals surface area contributed by atoms with Crippen LogP contribution in [-0.2, 0) is 0 Å². The Kier molecular flexibility index (Phi) is 1.66. The molecule has 1 aliphatic carbocycles. The Morgan fingerprint density at radius 3 is 2.55 bits per heavy atom. The summed E-state index contributed by atoms with van der Waals surface area (Å²) in [5.74, 6) is 1.18. The maximum absolute atomic E-state index is 8.84. The minimum atomic E-state index is 0.347. The molecule has 1 saturated carbocycles. The van der Waals surface area contributed by atoms with Crippen molar-refractivity contribution >= 4 is 0 Å². The predicted molar refractivity (Wildman–Crippen MR) is 44.4 cm³/mol. The molecule has 2 atom stereocenters. The molecule has 0 spiro atoms. The van der Waals surface area contributed by atoms with Gasteiger partial charge < -0.3 is 5.11 Å². The Labute approximate surface area is 66.7 Å². The van der Waals surface area contributed by atoms with Crippen LogP contribution in [0, 0.1) is 5.92 Å². The second-order valence-corrected chi connectivity index (χ2v) is 3.20. The van der Waals surface area contributed by atoms with Crippen molar-refractivity contribution in [3.63, 3.8) is 0 Å². The second kappa shape index (κ2) is 2.67. The molecule has 0 amide bonds. The van der Waals surface area contributed by atoms with Crippen molar-refractivity contribution in [1.82, 2.24) is 0 Å². The summed E-state index contributed by atoms with van der Waals surface area (Å²) in [6, 6.07) is 10.4. The fourth-order valence-corrected chi connectivity index (χ4v) is 1.56. The van der Waals surface area contributed by atoms with Gasteiger partial charge in [-0.25, -0.2) is 0 Å². The van der Waals surface area contributed by atoms with Crippen LogP contribution in [0.3, 0.4) is 0 Å². The van der Waals surface area contributed by atoms with Gasteiger partial charge in [0.2, 0.25) is 0 Å². The zero-order valence-electron chi connectivity index (χ0n) is 6.40. The van der Waals surface area contributed by atoms with Crippen molar-refractivity contribution < 1.29 is 5.11 Å². The van der Waals surface area contributed by atoms with Crippen molar-refractivity contribution in [3.05, 3.63) is 35.9 Å². The first-order valence-electron chi connectivity index (χ1n) is 4.07. The number of hydrogen-bond donors (Lipinski definition) is 1. The van der Waals surface area contributed by atoms with Crippen LogP contribution in [0.15, 0.2) is 30.3 Å². The fourth-order valence-electron chi connectivity index (χ4n) is 1.56. The Bertz CT molecular complexity index is 230. The number of aliphatic hydroxyl groups is 1. The molecule has 0 aliphatic heterocycles. The van der Waals surface area contributed by atoms with Crippen molar-refractivity contribution in [3.8, 4) is 0 Å². The average Bonchev–Trinajstić information content (AvgIpc) is 2.85. The second-order valence-electron chi connectivity index (χ2n) is 3.20. The van der Waals surface area contributed by atoms with E-state index in [2.05, 4.69) is 24.3 Å². The summed E-state index contributed by atoms with van der Waals surface area (Å²) in [5.41, 5.74) is 1.38. The molecule has 1 nitrogen and oxygen atoms in total. The number of aliphatic hydroxyl groups excluding tert-OH is 1. The summed E-state index contributed by atoms with van der Waals surface area (Å²) in [7, 11) is 0. The minimum Gasteiger partial charge on any atom is -0.396 e. The molecule has 0 saturated heterocycles. The predicted octanol–water partition coefficient (Wildman–Crippen LogP) is 1.78. The quantitative estimate of drug-likeness (QED) is 0.677. The van der Waals surface area contributed by atoms with Gasteiger partial charge in [0.1, 0.15) is 0 Å². The van der Waals surface area contributed by atoms with E-state index in [9.17, 15) is 0 Å². The smallest absolute Gasteiger partial charge is 0.0465 e. The molecular formula is C10H12O. The number of benzene rings is 1. The maximum Gasteiger partial charge on any atom is 0.0465 e. The largest absolute Gasteiger partial charge is 0.396 e. The molecule has 1 aromatic rings. The molecule has 1 aliphatic rings. The molecule has 0 heterocycles. The first kappa shape index (κ1) is 6.86. The van der Waals surface area contributed by atoms with Crippen LogP contribution in [0.4, 0.5) is 0 Å². The molecule has 0 bridgehead atoms. The average molecular weight is 148 g/mol. The summed E-state index contributed by atoms with van der Waals surface area (Å²) in [4.78, 5) is 0. The molecule has 11 heavy (non-hydrogen) atoms. The third-order valence-corrected chi connectivity index (χ3v) is 2.38. The lowest BCUT2D eigenvalue weighted by atomic mass is 10.1. The topological polar surface area (TPSA) is 20.2 Å². The van der Waals surface area contributed by atoms with Gasteiger partial charge in [0.15, 0.2) is 0 Å². The third kappa shape index (κ3) is 1.29. The highest BCUT2D eigenvalue weighted by Gasteiger charge is 2.37. The van der Waals surface area contributed by atoms with Gasteiger partial charge in [-0.05, 0) is 23.8 Å². The van der Waals surface area contributed by atoms with Gasteiger partial charge >= 0.3 is 0 Å². The van der Waals surface area contributed by atoms with Crippen LogP contribution >= 0.6 is 0 Å². The molecule has 1 heteroatoms. The molecule has 0 aromatic heterocycles. The monoisotopic (exact) mass is 148 g/mol. The van der Waals surface area contributed by atoms with Crippen LogP contribution in [0.5, 0.6) is 0 Å². The van der Waals surface area contributed by atoms with Gasteiger partial charge in [0.05, 0.1) is 0 Å². The van der Waals surface area contributed by atoms with Crippen molar-refractivity contribution in [2.24, 2.45) is 5.92 Å². The molecular weight excluding hydrogens is 136 g/mol. The van der Waals surface area contributed by atoms with E-state index in [1.165, 1.54) is 12.0 Å². The third-order valence-electron chi connectivity index (χ3n) is 2.38. The van der Waals surface area contributed by atoms with E-state index in [-0.39, 0.29) is 0 Å². The number of hydrogen-bond acceptors (Lipinski definition) is 1. The Morgan fingerprint density at radius 1 is 1.27 bits per heavy atom. The molecule has 0 unspecified atom stereocenters. The van der Waals surface area contributed by atoms with E-state index in [1.54, 1.807) is 0 Å².